The Bertz CT molecular complexity index is 795. The Morgan fingerprint density at radius 3 is 2.40 bits per heavy atom. The number of ether oxygens (including phenoxy) is 2. The minimum absolute atomic E-state index is 0.0363. The molecule has 0 aliphatic heterocycles. The van der Waals surface area contributed by atoms with E-state index in [1.54, 1.807) is 0 Å². The van der Waals surface area contributed by atoms with E-state index >= 15 is 0 Å². The van der Waals surface area contributed by atoms with Crippen LogP contribution in [0.3, 0.4) is 0 Å². The second kappa shape index (κ2) is 6.59. The van der Waals surface area contributed by atoms with E-state index < -0.39 is 23.5 Å². The van der Waals surface area contributed by atoms with E-state index in [0.717, 1.165) is 12.1 Å². The normalized spacial score (nSPS) is 12.2. The molecule has 0 aliphatic rings. The summed E-state index contributed by atoms with van der Waals surface area (Å²) in [7, 11) is 1.18. The summed E-state index contributed by atoms with van der Waals surface area (Å²) in [5, 5.41) is -0.0488. The van der Waals surface area contributed by atoms with E-state index in [4.69, 9.17) is 16.3 Å². The number of carbonyl (C=O) groups excluding carboxylic acids is 1. The van der Waals surface area contributed by atoms with Crippen molar-refractivity contribution in [1.29, 1.82) is 0 Å². The first-order chi connectivity index (χ1) is 11.4. The van der Waals surface area contributed by atoms with Gasteiger partial charge < -0.3 is 14.5 Å². The summed E-state index contributed by atoms with van der Waals surface area (Å²) in [5.41, 5.74) is 0.0566. The lowest BCUT2D eigenvalue weighted by Gasteiger charge is -2.16. The molecular formula is C16H16ClF3N2O3. The van der Waals surface area contributed by atoms with E-state index in [2.05, 4.69) is 14.7 Å². The van der Waals surface area contributed by atoms with Crippen molar-refractivity contribution < 1.29 is 27.4 Å². The van der Waals surface area contributed by atoms with Gasteiger partial charge in [0.25, 0.3) is 0 Å². The van der Waals surface area contributed by atoms with Crippen LogP contribution in [0.2, 0.25) is 5.15 Å². The third-order valence-electron chi connectivity index (χ3n) is 3.32. The van der Waals surface area contributed by atoms with E-state index in [1.165, 1.54) is 13.2 Å². The van der Waals surface area contributed by atoms with Crippen LogP contribution in [0.5, 0.6) is 5.75 Å². The highest BCUT2D eigenvalue weighted by Crippen LogP contribution is 2.37. The summed E-state index contributed by atoms with van der Waals surface area (Å²) in [6, 6.07) is 3.72. The molecule has 0 aromatic carbocycles. The van der Waals surface area contributed by atoms with E-state index in [0.29, 0.717) is 5.69 Å². The van der Waals surface area contributed by atoms with Gasteiger partial charge in [-0.3, -0.25) is 0 Å². The Labute approximate surface area is 147 Å². The molecule has 0 amide bonds. The Kier molecular flexibility index (Phi) is 5.04. The third kappa shape index (κ3) is 4.45. The smallest absolute Gasteiger partial charge is 0.465 e. The highest BCUT2D eigenvalue weighted by atomic mass is 35.5. The lowest BCUT2D eigenvalue weighted by atomic mass is 9.92. The molecule has 9 heteroatoms. The summed E-state index contributed by atoms with van der Waals surface area (Å²) >= 11 is 5.82. The van der Waals surface area contributed by atoms with Gasteiger partial charge in [0.1, 0.15) is 10.8 Å². The molecule has 0 bridgehead atoms. The number of aromatic amines is 1. The van der Waals surface area contributed by atoms with Gasteiger partial charge in [-0.1, -0.05) is 32.4 Å². The first-order valence-corrected chi connectivity index (χ1v) is 7.54. The number of pyridine rings is 1. The predicted octanol–water partition coefficient (Wildman–Crippen LogP) is 4.71. The standard InChI is InChI=1S/C16H16ClF3N2O3/c1-15(2,3)10-7-8(14(23)24-4)12(21-10)13-9(25-16(18,19)20)5-6-11(17)22-13/h5-7,21H,1-4H3. The Morgan fingerprint density at radius 1 is 1.24 bits per heavy atom. The molecule has 0 unspecified atom stereocenters. The van der Waals surface area contributed by atoms with Crippen LogP contribution in [0.25, 0.3) is 11.4 Å². The fourth-order valence-electron chi connectivity index (χ4n) is 2.13. The first-order valence-electron chi connectivity index (χ1n) is 7.17. The van der Waals surface area contributed by atoms with Crippen molar-refractivity contribution in [2.45, 2.75) is 32.5 Å². The van der Waals surface area contributed by atoms with Crippen molar-refractivity contribution in [3.05, 3.63) is 34.6 Å². The molecule has 2 aromatic heterocycles. The molecule has 0 fully saturated rings. The zero-order chi connectivity index (χ0) is 19.0. The number of nitrogens with zero attached hydrogens (tertiary/aromatic N) is 1. The fraction of sp³-hybridized carbons (Fsp3) is 0.375. The number of aromatic nitrogens is 2. The molecule has 2 aromatic rings. The van der Waals surface area contributed by atoms with Crippen LogP contribution in [0.4, 0.5) is 13.2 Å². The number of nitrogens with one attached hydrogen (secondary N) is 1. The maximum absolute atomic E-state index is 12.7. The highest BCUT2D eigenvalue weighted by molar-refractivity contribution is 6.29. The molecule has 0 spiro atoms. The van der Waals surface area contributed by atoms with E-state index in [9.17, 15) is 18.0 Å². The summed E-state index contributed by atoms with van der Waals surface area (Å²) in [5.74, 6) is -1.30. The number of methoxy groups -OCH3 is 1. The molecule has 5 nitrogen and oxygen atoms in total. The Morgan fingerprint density at radius 2 is 1.88 bits per heavy atom. The predicted molar refractivity (Wildman–Crippen MR) is 85.8 cm³/mol. The van der Waals surface area contributed by atoms with Crippen LogP contribution in [-0.2, 0) is 10.2 Å². The summed E-state index contributed by atoms with van der Waals surface area (Å²) in [6.45, 7) is 5.63. The molecule has 2 rings (SSSR count). The number of esters is 1. The monoisotopic (exact) mass is 376 g/mol. The average Bonchev–Trinajstić information content (AvgIpc) is 2.92. The van der Waals surface area contributed by atoms with Crippen LogP contribution in [0.1, 0.15) is 36.8 Å². The molecular weight excluding hydrogens is 361 g/mol. The summed E-state index contributed by atoms with van der Waals surface area (Å²) in [4.78, 5) is 18.9. The largest absolute Gasteiger partial charge is 0.573 e. The summed E-state index contributed by atoms with van der Waals surface area (Å²) in [6.07, 6.45) is -4.92. The van der Waals surface area contributed by atoms with Gasteiger partial charge in [0.05, 0.1) is 18.4 Å². The van der Waals surface area contributed by atoms with E-state index in [-0.39, 0.29) is 22.1 Å². The lowest BCUT2D eigenvalue weighted by Crippen LogP contribution is -2.18. The Hall–Kier alpha value is -2.22. The first kappa shape index (κ1) is 19.1. The maximum Gasteiger partial charge on any atom is 0.573 e. The zero-order valence-electron chi connectivity index (χ0n) is 13.9. The maximum atomic E-state index is 12.7. The number of carbonyl (C=O) groups is 1. The number of hydrogen-bond acceptors (Lipinski definition) is 4. The van der Waals surface area contributed by atoms with Crippen molar-refractivity contribution in [2.75, 3.05) is 7.11 Å². The van der Waals surface area contributed by atoms with Gasteiger partial charge in [-0.15, -0.1) is 13.2 Å². The van der Waals surface area contributed by atoms with Crippen LogP contribution < -0.4 is 4.74 Å². The number of H-pyrrole nitrogens is 1. The van der Waals surface area contributed by atoms with Crippen molar-refractivity contribution in [1.82, 2.24) is 9.97 Å². The Balaban J connectivity index is 2.70. The minimum Gasteiger partial charge on any atom is -0.465 e. The minimum atomic E-state index is -4.92. The number of rotatable bonds is 3. The van der Waals surface area contributed by atoms with Crippen LogP contribution >= 0.6 is 11.6 Å². The van der Waals surface area contributed by atoms with Crippen LogP contribution in [0, 0.1) is 0 Å². The van der Waals surface area contributed by atoms with Crippen molar-refractivity contribution >= 4 is 17.6 Å². The number of halogens is 4. The van der Waals surface area contributed by atoms with Crippen molar-refractivity contribution in [2.24, 2.45) is 0 Å². The van der Waals surface area contributed by atoms with Gasteiger partial charge in [0.2, 0.25) is 0 Å². The second-order valence-corrected chi connectivity index (χ2v) is 6.63. The molecule has 25 heavy (non-hydrogen) atoms. The zero-order valence-corrected chi connectivity index (χ0v) is 14.7. The van der Waals surface area contributed by atoms with Gasteiger partial charge in [-0.05, 0) is 18.2 Å². The van der Waals surface area contributed by atoms with Crippen molar-refractivity contribution in [3.8, 4) is 17.1 Å². The molecule has 0 saturated heterocycles. The van der Waals surface area contributed by atoms with Crippen LogP contribution in [0.15, 0.2) is 18.2 Å². The molecule has 0 aliphatic carbocycles. The van der Waals surface area contributed by atoms with Gasteiger partial charge >= 0.3 is 12.3 Å². The van der Waals surface area contributed by atoms with Gasteiger partial charge in [-0.25, -0.2) is 9.78 Å². The molecule has 2 heterocycles. The lowest BCUT2D eigenvalue weighted by molar-refractivity contribution is -0.274. The van der Waals surface area contributed by atoms with E-state index in [1.807, 2.05) is 20.8 Å². The fourth-order valence-corrected chi connectivity index (χ4v) is 2.27. The molecule has 1 N–H and O–H groups in total. The molecule has 0 atom stereocenters. The molecule has 0 saturated carbocycles. The van der Waals surface area contributed by atoms with Crippen LogP contribution in [-0.4, -0.2) is 29.4 Å². The van der Waals surface area contributed by atoms with Gasteiger partial charge in [0.15, 0.2) is 5.75 Å². The summed E-state index contributed by atoms with van der Waals surface area (Å²) < 4.78 is 46.7. The third-order valence-corrected chi connectivity index (χ3v) is 3.53. The molecule has 0 radical (unpaired) electrons. The number of alkyl halides is 3. The number of hydrogen-bond donors (Lipinski definition) is 1. The quantitative estimate of drug-likeness (QED) is 0.622. The van der Waals surface area contributed by atoms with Crippen molar-refractivity contribution in [3.63, 3.8) is 0 Å². The topological polar surface area (TPSA) is 64.2 Å². The average molecular weight is 377 g/mol. The SMILES string of the molecule is COC(=O)c1cc(C(C)(C)C)[nH]c1-c1nc(Cl)ccc1OC(F)(F)F. The highest BCUT2D eigenvalue weighted by Gasteiger charge is 2.34. The molecule has 136 valence electrons. The van der Waals surface area contributed by atoms with Gasteiger partial charge in [0, 0.05) is 11.1 Å². The van der Waals surface area contributed by atoms with Gasteiger partial charge in [-0.2, -0.15) is 0 Å². The second-order valence-electron chi connectivity index (χ2n) is 6.24.